The first kappa shape index (κ1) is 29.6. The number of alkyl halides is 3. The summed E-state index contributed by atoms with van der Waals surface area (Å²) in [4.78, 5) is 16.1. The Bertz CT molecular complexity index is 1400. The molecule has 12 heteroatoms. The van der Waals surface area contributed by atoms with Crippen molar-refractivity contribution in [3.8, 4) is 11.5 Å². The van der Waals surface area contributed by atoms with Crippen LogP contribution < -0.4 is 4.74 Å². The van der Waals surface area contributed by atoms with Crippen LogP contribution in [0.5, 0.6) is 11.5 Å². The number of rotatable bonds is 8. The summed E-state index contributed by atoms with van der Waals surface area (Å²) in [6.07, 6.45) is -0.900. The van der Waals surface area contributed by atoms with Gasteiger partial charge >= 0.3 is 12.3 Å². The molecular formula is C27H27BrClF3N2O4S. The molecule has 1 aromatic heterocycles. The van der Waals surface area contributed by atoms with E-state index in [1.807, 2.05) is 4.57 Å². The SMILES string of the molecule is CCOC(=O)c1c(C(=S)c2ccc(OC(F)(F)F)cc2)n(C2CC2)c2cc(Br)c(O)c(CN3CCCC3)c12.Cl. The standard InChI is InChI=1S/C27H26BrF3N2O4S.ClH/c1-2-36-26(35)22-21-18(14-32-11-3-4-12-32)24(34)19(28)13-20(21)33(16-7-8-16)23(22)25(38)15-5-9-17(10-6-15)37-27(29,30)31;/h5-6,9-10,13,16,34H,2-4,7-8,11-12,14H2,1H3;1H. The van der Waals surface area contributed by atoms with Crippen LogP contribution in [-0.4, -0.2) is 51.5 Å². The van der Waals surface area contributed by atoms with E-state index < -0.39 is 12.3 Å². The zero-order valence-corrected chi connectivity index (χ0v) is 24.2. The second-order valence-corrected chi connectivity index (χ2v) is 10.8. The Morgan fingerprint density at radius 1 is 1.18 bits per heavy atom. The van der Waals surface area contributed by atoms with E-state index in [9.17, 15) is 23.1 Å². The topological polar surface area (TPSA) is 63.9 Å². The van der Waals surface area contributed by atoms with Crippen molar-refractivity contribution in [2.45, 2.75) is 51.6 Å². The minimum absolute atomic E-state index is 0. The van der Waals surface area contributed by atoms with Crippen LogP contribution in [0.3, 0.4) is 0 Å². The molecular weight excluding hydrogens is 621 g/mol. The van der Waals surface area contributed by atoms with Crippen molar-refractivity contribution in [3.05, 3.63) is 57.2 Å². The molecule has 6 nitrogen and oxygen atoms in total. The molecule has 0 atom stereocenters. The number of hydrogen-bond donors (Lipinski definition) is 1. The van der Waals surface area contributed by atoms with Crippen molar-refractivity contribution in [3.63, 3.8) is 0 Å². The van der Waals surface area contributed by atoms with Crippen LogP contribution in [0.1, 0.15) is 65.8 Å². The first-order valence-corrected chi connectivity index (χ1v) is 13.7. The van der Waals surface area contributed by atoms with Crippen LogP contribution in [0.2, 0.25) is 0 Å². The molecule has 3 aromatic rings. The number of esters is 1. The van der Waals surface area contributed by atoms with E-state index in [4.69, 9.17) is 17.0 Å². The number of phenols is 1. The number of aromatic nitrogens is 1. The fourth-order valence-electron chi connectivity index (χ4n) is 5.11. The molecule has 0 radical (unpaired) electrons. The van der Waals surface area contributed by atoms with Crippen LogP contribution in [0, 0.1) is 0 Å². The summed E-state index contributed by atoms with van der Waals surface area (Å²) in [6.45, 7) is 4.11. The Morgan fingerprint density at radius 3 is 2.38 bits per heavy atom. The number of fused-ring (bicyclic) bond motifs is 1. The van der Waals surface area contributed by atoms with Gasteiger partial charge in [0.1, 0.15) is 11.5 Å². The molecule has 1 saturated heterocycles. The zero-order valence-electron chi connectivity index (χ0n) is 21.0. The second kappa shape index (κ2) is 11.6. The van der Waals surface area contributed by atoms with Gasteiger partial charge < -0.3 is 19.1 Å². The zero-order chi connectivity index (χ0) is 27.2. The molecule has 2 fully saturated rings. The Labute approximate surface area is 243 Å². The molecule has 1 aliphatic heterocycles. The maximum Gasteiger partial charge on any atom is 0.573 e. The Balaban J connectivity index is 0.00000353. The first-order valence-electron chi connectivity index (χ1n) is 12.5. The maximum atomic E-state index is 13.5. The highest BCUT2D eigenvalue weighted by atomic mass is 79.9. The number of ether oxygens (including phenoxy) is 2. The summed E-state index contributed by atoms with van der Waals surface area (Å²) >= 11 is 9.38. The number of likely N-dealkylation sites (tertiary alicyclic amines) is 1. The lowest BCUT2D eigenvalue weighted by Gasteiger charge is -2.18. The molecule has 2 heterocycles. The summed E-state index contributed by atoms with van der Waals surface area (Å²) in [6, 6.07) is 7.19. The molecule has 2 aromatic carbocycles. The van der Waals surface area contributed by atoms with Crippen molar-refractivity contribution < 1.29 is 32.5 Å². The van der Waals surface area contributed by atoms with Crippen LogP contribution >= 0.6 is 40.6 Å². The molecule has 0 spiro atoms. The molecule has 39 heavy (non-hydrogen) atoms. The molecule has 1 N–H and O–H groups in total. The number of carbonyl (C=O) groups is 1. The fraction of sp³-hybridized carbons (Fsp3) is 0.407. The van der Waals surface area contributed by atoms with E-state index in [-0.39, 0.29) is 42.1 Å². The molecule has 1 saturated carbocycles. The van der Waals surface area contributed by atoms with E-state index in [0.29, 0.717) is 38.1 Å². The smallest absolute Gasteiger partial charge is 0.506 e. The Hall–Kier alpha value is -2.34. The average molecular weight is 648 g/mol. The molecule has 0 bridgehead atoms. The minimum atomic E-state index is -4.81. The second-order valence-electron chi connectivity index (χ2n) is 9.51. The van der Waals surface area contributed by atoms with E-state index in [0.717, 1.165) is 44.3 Å². The Kier molecular flexibility index (Phi) is 8.85. The number of halogens is 5. The van der Waals surface area contributed by atoms with Gasteiger partial charge in [-0.15, -0.1) is 25.6 Å². The number of carbonyl (C=O) groups excluding carboxylic acids is 1. The number of aromatic hydroxyl groups is 1. The number of benzene rings is 2. The quantitative estimate of drug-likeness (QED) is 0.157. The van der Waals surface area contributed by atoms with E-state index >= 15 is 0 Å². The predicted molar refractivity (Wildman–Crippen MR) is 151 cm³/mol. The van der Waals surface area contributed by atoms with Gasteiger partial charge in [-0.25, -0.2) is 4.79 Å². The highest BCUT2D eigenvalue weighted by Gasteiger charge is 2.37. The molecule has 2 aliphatic rings. The molecule has 1 aliphatic carbocycles. The van der Waals surface area contributed by atoms with Gasteiger partial charge in [0, 0.05) is 23.5 Å². The average Bonchev–Trinajstić information content (AvgIpc) is 3.45. The van der Waals surface area contributed by atoms with E-state index in [1.165, 1.54) is 24.3 Å². The highest BCUT2D eigenvalue weighted by molar-refractivity contribution is 9.10. The van der Waals surface area contributed by atoms with Crippen molar-refractivity contribution >= 4 is 62.3 Å². The van der Waals surface area contributed by atoms with E-state index in [1.54, 1.807) is 13.0 Å². The van der Waals surface area contributed by atoms with Crippen LogP contribution in [-0.2, 0) is 11.3 Å². The molecule has 5 rings (SSSR count). The van der Waals surface area contributed by atoms with Gasteiger partial charge in [-0.05, 0) is 97.5 Å². The van der Waals surface area contributed by atoms with Gasteiger partial charge in [0.05, 0.1) is 32.7 Å². The van der Waals surface area contributed by atoms with Crippen LogP contribution in [0.25, 0.3) is 10.9 Å². The van der Waals surface area contributed by atoms with Gasteiger partial charge in [-0.2, -0.15) is 0 Å². The normalized spacial score (nSPS) is 15.8. The Morgan fingerprint density at radius 2 is 1.82 bits per heavy atom. The number of phenolic OH excluding ortho intramolecular Hbond substituents is 1. The fourth-order valence-corrected chi connectivity index (χ4v) is 5.90. The number of nitrogens with zero attached hydrogens (tertiary/aromatic N) is 2. The van der Waals surface area contributed by atoms with Gasteiger partial charge in [-0.3, -0.25) is 4.90 Å². The first-order chi connectivity index (χ1) is 18.1. The van der Waals surface area contributed by atoms with Crippen molar-refractivity contribution in [1.29, 1.82) is 0 Å². The van der Waals surface area contributed by atoms with Crippen molar-refractivity contribution in [1.82, 2.24) is 9.47 Å². The largest absolute Gasteiger partial charge is 0.573 e. The van der Waals surface area contributed by atoms with Crippen molar-refractivity contribution in [2.24, 2.45) is 0 Å². The third-order valence-corrected chi connectivity index (χ3v) is 7.89. The molecule has 0 unspecified atom stereocenters. The molecule has 210 valence electrons. The monoisotopic (exact) mass is 646 g/mol. The summed E-state index contributed by atoms with van der Waals surface area (Å²) in [7, 11) is 0. The lowest BCUT2D eigenvalue weighted by Crippen LogP contribution is -2.19. The van der Waals surface area contributed by atoms with E-state index in [2.05, 4.69) is 25.6 Å². The van der Waals surface area contributed by atoms with Crippen LogP contribution in [0.15, 0.2) is 34.8 Å². The van der Waals surface area contributed by atoms with Gasteiger partial charge in [-0.1, -0.05) is 12.2 Å². The summed E-state index contributed by atoms with van der Waals surface area (Å²) in [5.41, 5.74) is 2.58. The number of thiocarbonyl (C=S) groups is 1. The van der Waals surface area contributed by atoms with Gasteiger partial charge in [0.2, 0.25) is 0 Å². The third-order valence-electron chi connectivity index (χ3n) is 6.86. The van der Waals surface area contributed by atoms with Crippen molar-refractivity contribution in [2.75, 3.05) is 19.7 Å². The highest BCUT2D eigenvalue weighted by Crippen LogP contribution is 2.47. The lowest BCUT2D eigenvalue weighted by atomic mass is 10.00. The molecule has 0 amide bonds. The summed E-state index contributed by atoms with van der Waals surface area (Å²) in [5, 5.41) is 11.7. The maximum absolute atomic E-state index is 13.5. The number of hydrogen-bond acceptors (Lipinski definition) is 6. The summed E-state index contributed by atoms with van der Waals surface area (Å²) in [5.74, 6) is -0.858. The van der Waals surface area contributed by atoms with Gasteiger partial charge in [0.25, 0.3) is 0 Å². The van der Waals surface area contributed by atoms with Gasteiger partial charge in [0.15, 0.2) is 0 Å². The third kappa shape index (κ3) is 6.06. The minimum Gasteiger partial charge on any atom is -0.506 e. The summed E-state index contributed by atoms with van der Waals surface area (Å²) < 4.78 is 50.0. The lowest BCUT2D eigenvalue weighted by molar-refractivity contribution is -0.274. The predicted octanol–water partition coefficient (Wildman–Crippen LogP) is 7.30. The van der Waals surface area contributed by atoms with Crippen LogP contribution in [0.4, 0.5) is 13.2 Å².